The van der Waals surface area contributed by atoms with Crippen LogP contribution in [-0.4, -0.2) is 24.4 Å². The Morgan fingerprint density at radius 1 is 1.50 bits per heavy atom. The van der Waals surface area contributed by atoms with Crippen LogP contribution < -0.4 is 16.0 Å². The Morgan fingerprint density at radius 2 is 2.30 bits per heavy atom. The molecule has 1 aliphatic rings. The highest BCUT2D eigenvalue weighted by atomic mass is 16.2. The second-order valence-corrected chi connectivity index (χ2v) is 4.71. The zero-order valence-electron chi connectivity index (χ0n) is 11.3. The van der Waals surface area contributed by atoms with Crippen molar-refractivity contribution in [2.45, 2.75) is 25.8 Å². The number of fused-ring (bicyclic) bond motifs is 1. The molecular weight excluding hydrogens is 254 g/mol. The van der Waals surface area contributed by atoms with Gasteiger partial charge in [-0.1, -0.05) is 5.92 Å². The summed E-state index contributed by atoms with van der Waals surface area (Å²) in [6.45, 7) is 1.99. The van der Waals surface area contributed by atoms with E-state index in [0.717, 1.165) is 16.9 Å². The van der Waals surface area contributed by atoms with E-state index in [1.807, 2.05) is 18.2 Å². The molecule has 1 aliphatic heterocycles. The van der Waals surface area contributed by atoms with Crippen LogP contribution in [0.2, 0.25) is 0 Å². The minimum absolute atomic E-state index is 0.0419. The molecular formula is C15H17N3O2. The van der Waals surface area contributed by atoms with Gasteiger partial charge in [0.15, 0.2) is 0 Å². The number of aryl methyl sites for hydroxylation is 1. The average molecular weight is 271 g/mol. The summed E-state index contributed by atoms with van der Waals surface area (Å²) in [5.41, 5.74) is 2.77. The first kappa shape index (κ1) is 13.9. The van der Waals surface area contributed by atoms with Gasteiger partial charge >= 0.3 is 0 Å². The second-order valence-electron chi connectivity index (χ2n) is 4.71. The normalized spacial score (nSPS) is 14.5. The zero-order valence-corrected chi connectivity index (χ0v) is 11.3. The highest BCUT2D eigenvalue weighted by molar-refractivity contribution is 5.94. The van der Waals surface area contributed by atoms with Crippen molar-refractivity contribution < 1.29 is 9.59 Å². The smallest absolute Gasteiger partial charge is 0.242 e. The first-order chi connectivity index (χ1) is 9.60. The van der Waals surface area contributed by atoms with E-state index in [0.29, 0.717) is 12.8 Å². The van der Waals surface area contributed by atoms with Gasteiger partial charge in [0.25, 0.3) is 0 Å². The van der Waals surface area contributed by atoms with Gasteiger partial charge in [-0.05, 0) is 37.1 Å². The topological polar surface area (TPSA) is 70.2 Å². The largest absolute Gasteiger partial charge is 0.374 e. The fraction of sp³-hybridized carbons (Fsp3) is 0.333. The Labute approximate surface area is 118 Å². The van der Waals surface area contributed by atoms with Crippen LogP contribution in [0.4, 0.5) is 11.4 Å². The van der Waals surface area contributed by atoms with Crippen molar-refractivity contribution in [2.75, 3.05) is 17.2 Å². The van der Waals surface area contributed by atoms with Gasteiger partial charge in [0.05, 0.1) is 6.54 Å². The van der Waals surface area contributed by atoms with Crippen LogP contribution in [0, 0.1) is 12.3 Å². The number of amides is 2. The van der Waals surface area contributed by atoms with Gasteiger partial charge in [0.1, 0.15) is 6.04 Å². The van der Waals surface area contributed by atoms with Crippen LogP contribution in [0.25, 0.3) is 0 Å². The highest BCUT2D eigenvalue weighted by Gasteiger charge is 2.16. The van der Waals surface area contributed by atoms with Crippen molar-refractivity contribution in [2.24, 2.45) is 0 Å². The molecule has 0 aromatic heterocycles. The van der Waals surface area contributed by atoms with Crippen molar-refractivity contribution in [1.82, 2.24) is 5.32 Å². The number of hydrogen-bond acceptors (Lipinski definition) is 3. The zero-order chi connectivity index (χ0) is 14.5. The SMILES string of the molecule is C#CCNC(=O)[C@@H](C)Nc1ccc2c(c1)CCC(=O)N2. The summed E-state index contributed by atoms with van der Waals surface area (Å²) in [4.78, 5) is 23.0. The third kappa shape index (κ3) is 3.29. The molecule has 0 saturated heterocycles. The second kappa shape index (κ2) is 6.11. The molecule has 0 aliphatic carbocycles. The summed E-state index contributed by atoms with van der Waals surface area (Å²) < 4.78 is 0. The first-order valence-electron chi connectivity index (χ1n) is 6.50. The average Bonchev–Trinajstić information content (AvgIpc) is 2.44. The number of anilines is 2. The van der Waals surface area contributed by atoms with Crippen LogP contribution in [-0.2, 0) is 16.0 Å². The molecule has 0 unspecified atom stereocenters. The molecule has 2 rings (SSSR count). The number of rotatable bonds is 4. The van der Waals surface area contributed by atoms with E-state index in [1.165, 1.54) is 0 Å². The number of carbonyl (C=O) groups excluding carboxylic acids is 2. The molecule has 0 fully saturated rings. The Kier molecular flexibility index (Phi) is 4.26. The maximum absolute atomic E-state index is 11.7. The quantitative estimate of drug-likeness (QED) is 0.719. The molecule has 1 heterocycles. The molecule has 0 radical (unpaired) electrons. The van der Waals surface area contributed by atoms with Crippen LogP contribution in [0.3, 0.4) is 0 Å². The summed E-state index contributed by atoms with van der Waals surface area (Å²) in [5, 5.41) is 8.57. The van der Waals surface area contributed by atoms with Crippen LogP contribution in [0.5, 0.6) is 0 Å². The molecule has 0 saturated carbocycles. The van der Waals surface area contributed by atoms with E-state index in [4.69, 9.17) is 6.42 Å². The van der Waals surface area contributed by atoms with Crippen molar-refractivity contribution in [3.63, 3.8) is 0 Å². The van der Waals surface area contributed by atoms with Crippen molar-refractivity contribution >= 4 is 23.2 Å². The standard InChI is InChI=1S/C15H17N3O2/c1-3-8-16-15(20)10(2)17-12-5-6-13-11(9-12)4-7-14(19)18-13/h1,5-6,9-10,17H,4,7-8H2,2H3,(H,16,20)(H,18,19)/t10-/m1/s1. The minimum atomic E-state index is -0.375. The lowest BCUT2D eigenvalue weighted by atomic mass is 10.0. The predicted octanol–water partition coefficient (Wildman–Crippen LogP) is 1.12. The van der Waals surface area contributed by atoms with E-state index in [1.54, 1.807) is 6.92 Å². The molecule has 20 heavy (non-hydrogen) atoms. The molecule has 1 atom stereocenters. The minimum Gasteiger partial charge on any atom is -0.374 e. The van der Waals surface area contributed by atoms with Crippen molar-refractivity contribution in [3.8, 4) is 12.3 Å². The number of hydrogen-bond donors (Lipinski definition) is 3. The molecule has 3 N–H and O–H groups in total. The number of benzene rings is 1. The van der Waals surface area contributed by atoms with E-state index in [2.05, 4.69) is 21.9 Å². The molecule has 104 valence electrons. The van der Waals surface area contributed by atoms with Crippen LogP contribution in [0.15, 0.2) is 18.2 Å². The van der Waals surface area contributed by atoms with Gasteiger partial charge in [0.2, 0.25) is 11.8 Å². The van der Waals surface area contributed by atoms with Crippen molar-refractivity contribution in [1.29, 1.82) is 0 Å². The molecule has 2 amide bonds. The molecule has 5 heteroatoms. The van der Waals surface area contributed by atoms with Gasteiger partial charge in [-0.15, -0.1) is 6.42 Å². The molecule has 1 aromatic carbocycles. The lowest BCUT2D eigenvalue weighted by molar-refractivity contribution is -0.121. The van der Waals surface area contributed by atoms with Gasteiger partial charge in [0, 0.05) is 17.8 Å². The molecule has 1 aromatic rings. The van der Waals surface area contributed by atoms with E-state index in [-0.39, 0.29) is 24.4 Å². The Morgan fingerprint density at radius 3 is 3.05 bits per heavy atom. The van der Waals surface area contributed by atoms with Gasteiger partial charge in [-0.25, -0.2) is 0 Å². The monoisotopic (exact) mass is 271 g/mol. The van der Waals surface area contributed by atoms with Gasteiger partial charge in [-0.3, -0.25) is 9.59 Å². The molecule has 0 bridgehead atoms. The van der Waals surface area contributed by atoms with E-state index in [9.17, 15) is 9.59 Å². The number of carbonyl (C=O) groups is 2. The van der Waals surface area contributed by atoms with E-state index < -0.39 is 0 Å². The fourth-order valence-electron chi connectivity index (χ4n) is 2.08. The van der Waals surface area contributed by atoms with Gasteiger partial charge < -0.3 is 16.0 Å². The number of terminal acetylenes is 1. The fourth-order valence-corrected chi connectivity index (χ4v) is 2.08. The first-order valence-corrected chi connectivity index (χ1v) is 6.50. The summed E-state index contributed by atoms with van der Waals surface area (Å²) in [5.74, 6) is 2.26. The summed E-state index contributed by atoms with van der Waals surface area (Å²) in [7, 11) is 0. The molecule has 0 spiro atoms. The third-order valence-corrected chi connectivity index (χ3v) is 3.14. The Hall–Kier alpha value is -2.48. The van der Waals surface area contributed by atoms with E-state index >= 15 is 0 Å². The van der Waals surface area contributed by atoms with Crippen LogP contribution in [0.1, 0.15) is 18.9 Å². The van der Waals surface area contributed by atoms with Crippen LogP contribution >= 0.6 is 0 Å². The maximum Gasteiger partial charge on any atom is 0.242 e. The summed E-state index contributed by atoms with van der Waals surface area (Å²) >= 11 is 0. The van der Waals surface area contributed by atoms with Crippen molar-refractivity contribution in [3.05, 3.63) is 23.8 Å². The van der Waals surface area contributed by atoms with Gasteiger partial charge in [-0.2, -0.15) is 0 Å². The Balaban J connectivity index is 2.02. The number of nitrogens with one attached hydrogen (secondary N) is 3. The summed E-state index contributed by atoms with van der Waals surface area (Å²) in [6, 6.07) is 5.27. The summed E-state index contributed by atoms with van der Waals surface area (Å²) in [6.07, 6.45) is 6.31. The highest BCUT2D eigenvalue weighted by Crippen LogP contribution is 2.25. The maximum atomic E-state index is 11.7. The predicted molar refractivity (Wildman–Crippen MR) is 78.3 cm³/mol. The lowest BCUT2D eigenvalue weighted by Gasteiger charge is -2.19. The molecule has 5 nitrogen and oxygen atoms in total. The lowest BCUT2D eigenvalue weighted by Crippen LogP contribution is -2.37. The Bertz CT molecular complexity index is 575. The third-order valence-electron chi connectivity index (χ3n) is 3.14.